The molecule has 2 rings (SSSR count). The first-order valence-electron chi connectivity index (χ1n) is 5.92. The highest BCUT2D eigenvalue weighted by Gasteiger charge is 2.29. The number of H-pyrrole nitrogens is 1. The van der Waals surface area contributed by atoms with E-state index < -0.39 is 11.7 Å². The van der Waals surface area contributed by atoms with Gasteiger partial charge >= 0.3 is 6.18 Å². The summed E-state index contributed by atoms with van der Waals surface area (Å²) >= 11 is 0. The number of nitrogens with zero attached hydrogens (tertiary/aromatic N) is 1. The number of aryl methyl sites for hydroxylation is 1. The quantitative estimate of drug-likeness (QED) is 0.896. The Kier molecular flexibility index (Phi) is 3.90. The van der Waals surface area contributed by atoms with Gasteiger partial charge in [0.2, 0.25) is 0 Å². The van der Waals surface area contributed by atoms with Gasteiger partial charge in [0.05, 0.1) is 17.5 Å². The molecule has 1 aromatic heterocycles. The summed E-state index contributed by atoms with van der Waals surface area (Å²) in [7, 11) is 0. The minimum atomic E-state index is -4.31. The first-order chi connectivity index (χ1) is 9.00. The zero-order chi connectivity index (χ0) is 13.9. The van der Waals surface area contributed by atoms with Gasteiger partial charge in [-0.2, -0.15) is 13.2 Å². The Labute approximate surface area is 108 Å². The van der Waals surface area contributed by atoms with Crippen LogP contribution >= 0.6 is 0 Å². The second-order valence-electron chi connectivity index (χ2n) is 4.21. The molecule has 0 unspecified atom stereocenters. The van der Waals surface area contributed by atoms with Crippen LogP contribution in [0.3, 0.4) is 0 Å². The van der Waals surface area contributed by atoms with Gasteiger partial charge in [-0.1, -0.05) is 12.1 Å². The summed E-state index contributed by atoms with van der Waals surface area (Å²) in [6.45, 7) is 0.580. The lowest BCUT2D eigenvalue weighted by Crippen LogP contribution is -2.04. The lowest BCUT2D eigenvalue weighted by Gasteiger charge is -2.06. The number of hydrogen-bond donors (Lipinski definition) is 2. The molecular formula is C13H14F3N3. The number of nitrogens with one attached hydrogen (secondary N) is 1. The van der Waals surface area contributed by atoms with Gasteiger partial charge < -0.3 is 10.7 Å². The number of halogens is 3. The van der Waals surface area contributed by atoms with Gasteiger partial charge in [-0.05, 0) is 30.7 Å². The third-order valence-electron chi connectivity index (χ3n) is 2.77. The van der Waals surface area contributed by atoms with Gasteiger partial charge in [0.25, 0.3) is 0 Å². The molecule has 19 heavy (non-hydrogen) atoms. The molecule has 0 atom stereocenters. The van der Waals surface area contributed by atoms with E-state index >= 15 is 0 Å². The molecule has 0 aliphatic carbocycles. The molecule has 3 N–H and O–H groups in total. The van der Waals surface area contributed by atoms with Crippen LogP contribution in [0.5, 0.6) is 0 Å². The molecule has 0 amide bonds. The molecule has 0 bridgehead atoms. The molecule has 1 aromatic carbocycles. The van der Waals surface area contributed by atoms with E-state index in [1.54, 1.807) is 6.20 Å². The first kappa shape index (κ1) is 13.6. The molecule has 0 saturated heterocycles. The molecule has 0 fully saturated rings. The normalized spacial score (nSPS) is 11.8. The molecular weight excluding hydrogens is 255 g/mol. The van der Waals surface area contributed by atoms with E-state index in [0.717, 1.165) is 30.8 Å². The second kappa shape index (κ2) is 5.44. The van der Waals surface area contributed by atoms with Crippen LogP contribution in [0.15, 0.2) is 30.5 Å². The zero-order valence-electron chi connectivity index (χ0n) is 10.2. The van der Waals surface area contributed by atoms with Crippen LogP contribution in [0.1, 0.15) is 17.8 Å². The lowest BCUT2D eigenvalue weighted by atomic mass is 10.1. The summed E-state index contributed by atoms with van der Waals surface area (Å²) in [5.41, 5.74) is 6.14. The standard InChI is InChI=1S/C13H14F3N3/c14-13(15,16)10-5-3-9(4-6-10)11-8-18-12(19-11)2-1-7-17/h3-6,8H,1-2,7,17H2,(H,18,19). The second-order valence-corrected chi connectivity index (χ2v) is 4.21. The highest BCUT2D eigenvalue weighted by Crippen LogP contribution is 2.30. The van der Waals surface area contributed by atoms with Crippen LogP contribution < -0.4 is 5.73 Å². The summed E-state index contributed by atoms with van der Waals surface area (Å²) in [6.07, 6.45) is -1.13. The fraction of sp³-hybridized carbons (Fsp3) is 0.308. The number of benzene rings is 1. The number of aromatic nitrogens is 2. The van der Waals surface area contributed by atoms with E-state index in [0.29, 0.717) is 17.8 Å². The predicted octanol–water partition coefficient (Wildman–Crippen LogP) is 2.99. The van der Waals surface area contributed by atoms with Crippen molar-refractivity contribution >= 4 is 0 Å². The first-order valence-corrected chi connectivity index (χ1v) is 5.92. The Hall–Kier alpha value is -1.82. The van der Waals surface area contributed by atoms with Crippen molar-refractivity contribution in [3.05, 3.63) is 41.9 Å². The van der Waals surface area contributed by atoms with E-state index in [2.05, 4.69) is 9.97 Å². The van der Waals surface area contributed by atoms with Crippen LogP contribution in [0.4, 0.5) is 13.2 Å². The third kappa shape index (κ3) is 3.35. The number of rotatable bonds is 4. The predicted molar refractivity (Wildman–Crippen MR) is 66.4 cm³/mol. The van der Waals surface area contributed by atoms with Crippen molar-refractivity contribution in [2.45, 2.75) is 19.0 Å². The largest absolute Gasteiger partial charge is 0.416 e. The molecule has 0 aliphatic rings. The SMILES string of the molecule is NCCCc1ncc(-c2ccc(C(F)(F)F)cc2)[nH]1. The average molecular weight is 269 g/mol. The van der Waals surface area contributed by atoms with Crippen molar-refractivity contribution in [2.24, 2.45) is 5.73 Å². The highest BCUT2D eigenvalue weighted by molar-refractivity contribution is 5.58. The molecule has 3 nitrogen and oxygen atoms in total. The van der Waals surface area contributed by atoms with E-state index in [4.69, 9.17) is 5.73 Å². The highest BCUT2D eigenvalue weighted by atomic mass is 19.4. The maximum atomic E-state index is 12.4. The minimum Gasteiger partial charge on any atom is -0.342 e. The Morgan fingerprint density at radius 3 is 2.42 bits per heavy atom. The van der Waals surface area contributed by atoms with Crippen molar-refractivity contribution in [1.82, 2.24) is 9.97 Å². The number of aromatic amines is 1. The van der Waals surface area contributed by atoms with Crippen LogP contribution in [0.2, 0.25) is 0 Å². The average Bonchev–Trinajstić information content (AvgIpc) is 2.84. The van der Waals surface area contributed by atoms with Gasteiger partial charge in [0, 0.05) is 6.42 Å². The van der Waals surface area contributed by atoms with Crippen molar-refractivity contribution < 1.29 is 13.2 Å². The van der Waals surface area contributed by atoms with E-state index in [1.165, 1.54) is 12.1 Å². The smallest absolute Gasteiger partial charge is 0.342 e. The summed E-state index contributed by atoms with van der Waals surface area (Å²) in [5, 5.41) is 0. The molecule has 2 aromatic rings. The molecule has 0 aliphatic heterocycles. The third-order valence-corrected chi connectivity index (χ3v) is 2.77. The maximum absolute atomic E-state index is 12.4. The van der Waals surface area contributed by atoms with Gasteiger partial charge in [-0.3, -0.25) is 0 Å². The fourth-order valence-corrected chi connectivity index (χ4v) is 1.74. The van der Waals surface area contributed by atoms with Crippen LogP contribution in [0, 0.1) is 0 Å². The molecule has 6 heteroatoms. The van der Waals surface area contributed by atoms with Crippen LogP contribution in [0.25, 0.3) is 11.3 Å². The Morgan fingerprint density at radius 1 is 1.16 bits per heavy atom. The summed E-state index contributed by atoms with van der Waals surface area (Å²) in [6, 6.07) is 5.00. The van der Waals surface area contributed by atoms with Gasteiger partial charge in [0.1, 0.15) is 5.82 Å². The van der Waals surface area contributed by atoms with Crippen molar-refractivity contribution in [3.63, 3.8) is 0 Å². The van der Waals surface area contributed by atoms with Gasteiger partial charge in [-0.15, -0.1) is 0 Å². The molecule has 1 heterocycles. The van der Waals surface area contributed by atoms with Gasteiger partial charge in [0.15, 0.2) is 0 Å². The topological polar surface area (TPSA) is 54.7 Å². The number of alkyl halides is 3. The zero-order valence-corrected chi connectivity index (χ0v) is 10.2. The molecule has 0 spiro atoms. The Bertz CT molecular complexity index is 529. The maximum Gasteiger partial charge on any atom is 0.416 e. The molecule has 0 radical (unpaired) electrons. The summed E-state index contributed by atoms with van der Waals surface area (Å²) < 4.78 is 37.3. The van der Waals surface area contributed by atoms with Crippen molar-refractivity contribution in [3.8, 4) is 11.3 Å². The number of nitrogens with two attached hydrogens (primary N) is 1. The van der Waals surface area contributed by atoms with Gasteiger partial charge in [-0.25, -0.2) is 4.98 Å². The van der Waals surface area contributed by atoms with Crippen molar-refractivity contribution in [1.29, 1.82) is 0 Å². The fourth-order valence-electron chi connectivity index (χ4n) is 1.74. The number of imidazole rings is 1. The van der Waals surface area contributed by atoms with E-state index in [1.807, 2.05) is 0 Å². The number of hydrogen-bond acceptors (Lipinski definition) is 2. The van der Waals surface area contributed by atoms with E-state index in [-0.39, 0.29) is 0 Å². The molecule has 0 saturated carbocycles. The monoisotopic (exact) mass is 269 g/mol. The molecule has 102 valence electrons. The lowest BCUT2D eigenvalue weighted by molar-refractivity contribution is -0.137. The Balaban J connectivity index is 2.16. The summed E-state index contributed by atoms with van der Waals surface area (Å²) in [5.74, 6) is 0.792. The minimum absolute atomic E-state index is 0.580. The van der Waals surface area contributed by atoms with Crippen LogP contribution in [-0.4, -0.2) is 16.5 Å². The van der Waals surface area contributed by atoms with E-state index in [9.17, 15) is 13.2 Å². The Morgan fingerprint density at radius 2 is 1.84 bits per heavy atom. The van der Waals surface area contributed by atoms with Crippen LogP contribution in [-0.2, 0) is 12.6 Å². The van der Waals surface area contributed by atoms with Crippen molar-refractivity contribution in [2.75, 3.05) is 6.54 Å². The summed E-state index contributed by atoms with van der Waals surface area (Å²) in [4.78, 5) is 7.24.